The van der Waals surface area contributed by atoms with E-state index >= 15 is 0 Å². The molecule has 1 saturated heterocycles. The quantitative estimate of drug-likeness (QED) is 0.310. The van der Waals surface area contributed by atoms with E-state index in [0.29, 0.717) is 34.4 Å². The summed E-state index contributed by atoms with van der Waals surface area (Å²) < 4.78 is 16.8. The summed E-state index contributed by atoms with van der Waals surface area (Å²) in [5.41, 5.74) is 5.28. The maximum Gasteiger partial charge on any atom is 0.283 e. The Kier molecular flexibility index (Phi) is 10.1. The summed E-state index contributed by atoms with van der Waals surface area (Å²) in [6.07, 6.45) is 0. The molecule has 2 aromatic carbocycles. The first-order valence-corrected chi connectivity index (χ1v) is 14.5. The minimum Gasteiger partial charge on any atom is -0.379 e. The van der Waals surface area contributed by atoms with E-state index in [1.807, 2.05) is 69.3 Å². The van der Waals surface area contributed by atoms with Crippen molar-refractivity contribution in [2.24, 2.45) is 0 Å². The molecule has 4 aromatic rings. The molecule has 10 nitrogen and oxygen atoms in total. The molecule has 1 aliphatic rings. The number of aromatic nitrogens is 4. The predicted octanol–water partition coefficient (Wildman–Crippen LogP) is 5.10. The van der Waals surface area contributed by atoms with Crippen molar-refractivity contribution in [3.05, 3.63) is 80.8 Å². The van der Waals surface area contributed by atoms with Gasteiger partial charge in [-0.15, -0.1) is 10.2 Å². The molecule has 2 aromatic heterocycles. The summed E-state index contributed by atoms with van der Waals surface area (Å²) in [5.74, 6) is -0.241. The Bertz CT molecular complexity index is 1380. The number of carbonyl (C=O) groups excluding carboxylic acids is 2. The van der Waals surface area contributed by atoms with Crippen LogP contribution in [0.4, 0.5) is 11.4 Å². The molecule has 0 saturated carbocycles. The Labute approximate surface area is 240 Å². The van der Waals surface area contributed by atoms with Gasteiger partial charge >= 0.3 is 0 Å². The molecule has 0 atom stereocenters. The molecular weight excluding hydrogens is 555 g/mol. The molecule has 0 aliphatic carbocycles. The lowest BCUT2D eigenvalue weighted by Crippen LogP contribution is -2.36. The van der Waals surface area contributed by atoms with Crippen molar-refractivity contribution < 1.29 is 14.3 Å². The van der Waals surface area contributed by atoms with Crippen LogP contribution in [0, 0.1) is 27.7 Å². The van der Waals surface area contributed by atoms with Crippen molar-refractivity contribution in [2.75, 3.05) is 35.9 Å². The van der Waals surface area contributed by atoms with Gasteiger partial charge in [0.1, 0.15) is 9.75 Å². The van der Waals surface area contributed by atoms with Gasteiger partial charge in [-0.1, -0.05) is 44.4 Å². The third-order valence-electron chi connectivity index (χ3n) is 5.63. The van der Waals surface area contributed by atoms with Gasteiger partial charge in [0.15, 0.2) is 0 Å². The normalized spacial score (nSPS) is 13.3. The molecule has 1 fully saturated rings. The van der Waals surface area contributed by atoms with Crippen LogP contribution in [0.3, 0.4) is 0 Å². The summed E-state index contributed by atoms with van der Waals surface area (Å²) >= 11 is 3.67. The summed E-state index contributed by atoms with van der Waals surface area (Å²) in [5, 5.41) is 10.6. The molecule has 1 N–H and O–H groups in total. The average molecular weight is 584 g/mol. The van der Waals surface area contributed by atoms with Crippen molar-refractivity contribution >= 4 is 58.4 Å². The topological polar surface area (TPSA) is 113 Å². The number of benzene rings is 2. The van der Waals surface area contributed by atoms with Crippen LogP contribution in [-0.2, 0) is 4.74 Å². The maximum absolute atomic E-state index is 13.0. The second-order valence-electron chi connectivity index (χ2n) is 8.75. The number of rotatable bonds is 6. The van der Waals surface area contributed by atoms with E-state index in [-0.39, 0.29) is 11.8 Å². The standard InChI is InChI=1S/C15H18N4O2S2.C11H11N3OS/c1-11-3-5-13(6-4-11)19(23-18-7-9-21-10-8-18)15(20)14-12(2)16-17-22-14;1-7-3-5-9(6-4-7)12-11(15)10-8(2)13-14-16-10/h3-6H,7-10H2,1-2H3;3-6H,1-2H3,(H,12,15). The van der Waals surface area contributed by atoms with E-state index in [9.17, 15) is 9.59 Å². The van der Waals surface area contributed by atoms with Gasteiger partial charge in [-0.05, 0) is 75.0 Å². The fourth-order valence-corrected chi connectivity index (χ4v) is 5.53. The Balaban J connectivity index is 0.000000193. The Morgan fingerprint density at radius 2 is 1.38 bits per heavy atom. The molecule has 39 heavy (non-hydrogen) atoms. The minimum absolute atomic E-state index is 0.0853. The van der Waals surface area contributed by atoms with E-state index in [4.69, 9.17) is 4.74 Å². The molecule has 2 amide bonds. The Hall–Kier alpha value is -3.23. The summed E-state index contributed by atoms with van der Waals surface area (Å²) in [7, 11) is 0. The highest BCUT2D eigenvalue weighted by Gasteiger charge is 2.26. The van der Waals surface area contributed by atoms with E-state index in [0.717, 1.165) is 58.7 Å². The van der Waals surface area contributed by atoms with Gasteiger partial charge in [0, 0.05) is 30.9 Å². The highest BCUT2D eigenvalue weighted by Crippen LogP contribution is 2.29. The van der Waals surface area contributed by atoms with Gasteiger partial charge in [-0.25, -0.2) is 8.61 Å². The number of carbonyl (C=O) groups is 2. The second-order valence-corrected chi connectivity index (χ2v) is 11.3. The van der Waals surface area contributed by atoms with E-state index in [1.54, 1.807) is 11.2 Å². The van der Waals surface area contributed by atoms with Crippen molar-refractivity contribution in [3.8, 4) is 0 Å². The van der Waals surface area contributed by atoms with Gasteiger partial charge in [0.05, 0.1) is 30.3 Å². The number of hydrogen-bond acceptors (Lipinski definition) is 11. The van der Waals surface area contributed by atoms with E-state index in [1.165, 1.54) is 12.1 Å². The number of aryl methyl sites for hydroxylation is 4. The average Bonchev–Trinajstić information content (AvgIpc) is 3.57. The Morgan fingerprint density at radius 3 is 1.92 bits per heavy atom. The lowest BCUT2D eigenvalue weighted by molar-refractivity contribution is 0.0769. The number of nitrogens with one attached hydrogen (secondary N) is 1. The minimum atomic E-state index is -0.156. The summed E-state index contributed by atoms with van der Waals surface area (Å²) in [6, 6.07) is 15.6. The largest absolute Gasteiger partial charge is 0.379 e. The molecule has 0 spiro atoms. The number of ether oxygens (including phenoxy) is 1. The van der Waals surface area contributed by atoms with Crippen LogP contribution in [0.5, 0.6) is 0 Å². The molecule has 1 aliphatic heterocycles. The van der Waals surface area contributed by atoms with Crippen LogP contribution in [0.25, 0.3) is 0 Å². The van der Waals surface area contributed by atoms with Crippen LogP contribution >= 0.6 is 35.2 Å². The van der Waals surface area contributed by atoms with Gasteiger partial charge < -0.3 is 10.1 Å². The van der Waals surface area contributed by atoms with E-state index in [2.05, 4.69) is 28.8 Å². The van der Waals surface area contributed by atoms with Crippen molar-refractivity contribution in [1.82, 2.24) is 23.5 Å². The summed E-state index contributed by atoms with van der Waals surface area (Å²) in [6.45, 7) is 10.6. The lowest BCUT2D eigenvalue weighted by Gasteiger charge is -2.30. The van der Waals surface area contributed by atoms with Crippen molar-refractivity contribution in [1.29, 1.82) is 0 Å². The zero-order chi connectivity index (χ0) is 27.8. The van der Waals surface area contributed by atoms with Crippen LogP contribution in [-0.4, -0.2) is 61.6 Å². The third-order valence-corrected chi connectivity index (χ3v) is 8.41. The van der Waals surface area contributed by atoms with Crippen molar-refractivity contribution in [3.63, 3.8) is 0 Å². The second kappa shape index (κ2) is 13.7. The number of morpholine rings is 1. The molecule has 3 heterocycles. The van der Waals surface area contributed by atoms with Gasteiger partial charge in [-0.2, -0.15) is 0 Å². The van der Waals surface area contributed by atoms with Crippen LogP contribution in [0.1, 0.15) is 41.9 Å². The zero-order valence-corrected chi connectivity index (χ0v) is 24.5. The SMILES string of the molecule is Cc1ccc(N(SN2CCOCC2)C(=O)c2snnc2C)cc1.Cc1ccc(NC(=O)c2snnc2C)cc1. The van der Waals surface area contributed by atoms with Crippen LogP contribution in [0.2, 0.25) is 0 Å². The number of anilines is 2. The monoisotopic (exact) mass is 583 g/mol. The number of amides is 2. The molecule has 0 unspecified atom stereocenters. The highest BCUT2D eigenvalue weighted by molar-refractivity contribution is 7.99. The molecule has 0 bridgehead atoms. The molecular formula is C26H29N7O3S3. The first-order valence-electron chi connectivity index (χ1n) is 12.2. The fourth-order valence-electron chi connectivity index (χ4n) is 3.41. The predicted molar refractivity (Wildman–Crippen MR) is 156 cm³/mol. The zero-order valence-electron chi connectivity index (χ0n) is 22.1. The fraction of sp³-hybridized carbons (Fsp3) is 0.308. The third kappa shape index (κ3) is 7.90. The van der Waals surface area contributed by atoms with Crippen molar-refractivity contribution in [2.45, 2.75) is 27.7 Å². The smallest absolute Gasteiger partial charge is 0.283 e. The molecule has 0 radical (unpaired) electrons. The van der Waals surface area contributed by atoms with Gasteiger partial charge in [0.25, 0.3) is 11.8 Å². The van der Waals surface area contributed by atoms with Gasteiger partial charge in [0.2, 0.25) is 0 Å². The van der Waals surface area contributed by atoms with Crippen LogP contribution in [0.15, 0.2) is 48.5 Å². The first kappa shape index (κ1) is 28.8. The highest BCUT2D eigenvalue weighted by atomic mass is 32.2. The Morgan fingerprint density at radius 1 is 0.846 bits per heavy atom. The maximum atomic E-state index is 13.0. The van der Waals surface area contributed by atoms with Crippen LogP contribution < -0.4 is 9.62 Å². The number of hydrogen-bond donors (Lipinski definition) is 1. The summed E-state index contributed by atoms with van der Waals surface area (Å²) in [4.78, 5) is 25.9. The lowest BCUT2D eigenvalue weighted by atomic mass is 10.2. The molecule has 5 rings (SSSR count). The molecule has 13 heteroatoms. The first-order chi connectivity index (χ1) is 18.8. The van der Waals surface area contributed by atoms with E-state index < -0.39 is 0 Å². The van der Waals surface area contributed by atoms with Gasteiger partial charge in [-0.3, -0.25) is 9.59 Å². The molecule has 204 valence electrons. The number of nitrogens with zero attached hydrogens (tertiary/aromatic N) is 6.